The highest BCUT2D eigenvalue weighted by atomic mass is 16.3. The fourth-order valence-corrected chi connectivity index (χ4v) is 3.46. The number of allylic oxidation sites excluding steroid dienone is 2. The second-order valence-corrected chi connectivity index (χ2v) is 6.53. The molecule has 0 heterocycles. The summed E-state index contributed by atoms with van der Waals surface area (Å²) in [6, 6.07) is 0. The lowest BCUT2D eigenvalue weighted by Crippen LogP contribution is -2.50. The molecule has 2 rings (SSSR count). The Morgan fingerprint density at radius 2 is 1.93 bits per heavy atom. The lowest BCUT2D eigenvalue weighted by molar-refractivity contribution is -0.0950. The Bertz CT molecular complexity index is 286. The van der Waals surface area contributed by atoms with Crippen LogP contribution in [0, 0.1) is 17.3 Å². The zero-order chi connectivity index (χ0) is 11.3. The van der Waals surface area contributed by atoms with Crippen LogP contribution in [-0.2, 0) is 0 Å². The highest BCUT2D eigenvalue weighted by Crippen LogP contribution is 2.53. The average molecular weight is 208 g/mol. The quantitative estimate of drug-likeness (QED) is 0.604. The minimum atomic E-state index is -0.433. The van der Waals surface area contributed by atoms with Crippen molar-refractivity contribution in [2.75, 3.05) is 0 Å². The maximum Gasteiger partial charge on any atom is 0.0653 e. The molecule has 2 aliphatic rings. The highest BCUT2D eigenvalue weighted by Gasteiger charge is 2.48. The molecule has 0 radical (unpaired) electrons. The van der Waals surface area contributed by atoms with E-state index >= 15 is 0 Å². The van der Waals surface area contributed by atoms with Crippen LogP contribution in [0.25, 0.3) is 0 Å². The van der Waals surface area contributed by atoms with Gasteiger partial charge in [-0.3, -0.25) is 0 Å². The third-order valence-electron chi connectivity index (χ3n) is 4.72. The number of hydrogen-bond acceptors (Lipinski definition) is 1. The normalized spacial score (nSPS) is 44.5. The zero-order valence-corrected chi connectivity index (χ0v) is 10.5. The Labute approximate surface area is 93.6 Å². The third kappa shape index (κ3) is 1.87. The number of rotatable bonds is 0. The van der Waals surface area contributed by atoms with Crippen LogP contribution in [0.2, 0.25) is 0 Å². The minimum Gasteiger partial charge on any atom is -0.390 e. The van der Waals surface area contributed by atoms with Crippen LogP contribution in [0.5, 0.6) is 0 Å². The standard InChI is InChI=1S/C14H24O/c1-10-5-6-11-12(9-10)13(2,3)7-8-14(11,4)15/h9,11-12,15H,5-8H2,1-4H3. The van der Waals surface area contributed by atoms with Gasteiger partial charge in [0.1, 0.15) is 0 Å². The first-order chi connectivity index (χ1) is 6.83. The Kier molecular flexibility index (Phi) is 2.50. The SMILES string of the molecule is CC1=CC2C(CC1)C(C)(O)CCC2(C)C. The van der Waals surface area contributed by atoms with Gasteiger partial charge in [-0.25, -0.2) is 0 Å². The Hall–Kier alpha value is -0.300. The first kappa shape index (κ1) is 11.2. The molecule has 1 fully saturated rings. The summed E-state index contributed by atoms with van der Waals surface area (Å²) in [5.74, 6) is 1.06. The van der Waals surface area contributed by atoms with Crippen molar-refractivity contribution in [2.45, 2.75) is 59.0 Å². The third-order valence-corrected chi connectivity index (χ3v) is 4.72. The van der Waals surface area contributed by atoms with Crippen LogP contribution in [0.3, 0.4) is 0 Å². The molecular formula is C14H24O. The molecule has 86 valence electrons. The molecule has 0 aromatic rings. The van der Waals surface area contributed by atoms with Gasteiger partial charge in [0.15, 0.2) is 0 Å². The van der Waals surface area contributed by atoms with Crippen molar-refractivity contribution in [1.29, 1.82) is 0 Å². The van der Waals surface area contributed by atoms with E-state index in [0.717, 1.165) is 12.8 Å². The van der Waals surface area contributed by atoms with Crippen molar-refractivity contribution in [3.05, 3.63) is 11.6 Å². The van der Waals surface area contributed by atoms with Gasteiger partial charge in [0, 0.05) is 0 Å². The van der Waals surface area contributed by atoms with Gasteiger partial charge < -0.3 is 5.11 Å². The smallest absolute Gasteiger partial charge is 0.0653 e. The molecule has 1 saturated carbocycles. The van der Waals surface area contributed by atoms with Crippen LogP contribution in [0.4, 0.5) is 0 Å². The van der Waals surface area contributed by atoms with Gasteiger partial charge in [-0.05, 0) is 56.8 Å². The van der Waals surface area contributed by atoms with Crippen LogP contribution < -0.4 is 0 Å². The number of aliphatic hydroxyl groups is 1. The van der Waals surface area contributed by atoms with Gasteiger partial charge in [0.25, 0.3) is 0 Å². The van der Waals surface area contributed by atoms with Crippen molar-refractivity contribution < 1.29 is 5.11 Å². The second-order valence-electron chi connectivity index (χ2n) is 6.53. The van der Waals surface area contributed by atoms with Crippen molar-refractivity contribution in [3.8, 4) is 0 Å². The van der Waals surface area contributed by atoms with E-state index in [1.165, 1.54) is 18.4 Å². The maximum absolute atomic E-state index is 10.5. The van der Waals surface area contributed by atoms with Crippen LogP contribution in [0.1, 0.15) is 53.4 Å². The Morgan fingerprint density at radius 1 is 1.27 bits per heavy atom. The lowest BCUT2D eigenvalue weighted by Gasteiger charge is -2.52. The van der Waals surface area contributed by atoms with Gasteiger partial charge in [-0.15, -0.1) is 0 Å². The van der Waals surface area contributed by atoms with Gasteiger partial charge in [-0.2, -0.15) is 0 Å². The molecule has 1 heteroatoms. The van der Waals surface area contributed by atoms with E-state index in [1.807, 2.05) is 6.92 Å². The summed E-state index contributed by atoms with van der Waals surface area (Å²) in [4.78, 5) is 0. The van der Waals surface area contributed by atoms with Gasteiger partial charge in [-0.1, -0.05) is 25.5 Å². The summed E-state index contributed by atoms with van der Waals surface area (Å²) in [7, 11) is 0. The molecule has 15 heavy (non-hydrogen) atoms. The van der Waals surface area contributed by atoms with Crippen LogP contribution in [-0.4, -0.2) is 10.7 Å². The van der Waals surface area contributed by atoms with Crippen LogP contribution >= 0.6 is 0 Å². The fourth-order valence-electron chi connectivity index (χ4n) is 3.46. The monoisotopic (exact) mass is 208 g/mol. The fraction of sp³-hybridized carbons (Fsp3) is 0.857. The van der Waals surface area contributed by atoms with Gasteiger partial charge in [0.2, 0.25) is 0 Å². The largest absolute Gasteiger partial charge is 0.390 e. The molecule has 0 aliphatic heterocycles. The number of fused-ring (bicyclic) bond motifs is 1. The molecule has 2 aliphatic carbocycles. The summed E-state index contributed by atoms with van der Waals surface area (Å²) in [6.45, 7) is 8.98. The molecule has 1 N–H and O–H groups in total. The summed E-state index contributed by atoms with van der Waals surface area (Å²) >= 11 is 0. The van der Waals surface area contributed by atoms with E-state index in [4.69, 9.17) is 0 Å². The first-order valence-corrected chi connectivity index (χ1v) is 6.23. The molecule has 3 unspecified atom stereocenters. The molecule has 0 bridgehead atoms. The topological polar surface area (TPSA) is 20.2 Å². The average Bonchev–Trinajstić information content (AvgIpc) is 2.13. The Morgan fingerprint density at radius 3 is 2.60 bits per heavy atom. The van der Waals surface area contributed by atoms with Crippen LogP contribution in [0.15, 0.2) is 11.6 Å². The molecule has 0 aromatic heterocycles. The number of hydrogen-bond donors (Lipinski definition) is 1. The van der Waals surface area contributed by atoms with E-state index in [0.29, 0.717) is 17.3 Å². The molecule has 0 saturated heterocycles. The Balaban J connectivity index is 2.34. The van der Waals surface area contributed by atoms with E-state index in [2.05, 4.69) is 26.8 Å². The highest BCUT2D eigenvalue weighted by molar-refractivity contribution is 5.15. The predicted octanol–water partition coefficient (Wildman–Crippen LogP) is 3.53. The molecule has 0 amide bonds. The summed E-state index contributed by atoms with van der Waals surface area (Å²) in [5, 5.41) is 10.5. The molecule has 0 aromatic carbocycles. The van der Waals surface area contributed by atoms with Crippen molar-refractivity contribution >= 4 is 0 Å². The van der Waals surface area contributed by atoms with E-state index in [-0.39, 0.29) is 0 Å². The first-order valence-electron chi connectivity index (χ1n) is 6.23. The summed E-state index contributed by atoms with van der Waals surface area (Å²) < 4.78 is 0. The van der Waals surface area contributed by atoms with Crippen molar-refractivity contribution in [1.82, 2.24) is 0 Å². The maximum atomic E-state index is 10.5. The van der Waals surface area contributed by atoms with Gasteiger partial charge in [0.05, 0.1) is 5.60 Å². The summed E-state index contributed by atoms with van der Waals surface area (Å²) in [5.41, 5.74) is 1.45. The second kappa shape index (κ2) is 3.35. The molecule has 3 atom stereocenters. The molecule has 1 nitrogen and oxygen atoms in total. The van der Waals surface area contributed by atoms with Crippen molar-refractivity contribution in [3.63, 3.8) is 0 Å². The van der Waals surface area contributed by atoms with E-state index < -0.39 is 5.60 Å². The van der Waals surface area contributed by atoms with E-state index in [1.54, 1.807) is 0 Å². The molecule has 0 spiro atoms. The zero-order valence-electron chi connectivity index (χ0n) is 10.5. The van der Waals surface area contributed by atoms with E-state index in [9.17, 15) is 5.11 Å². The predicted molar refractivity (Wildman–Crippen MR) is 63.6 cm³/mol. The summed E-state index contributed by atoms with van der Waals surface area (Å²) in [6.07, 6.45) is 6.89. The van der Waals surface area contributed by atoms with Crippen molar-refractivity contribution in [2.24, 2.45) is 17.3 Å². The molecular weight excluding hydrogens is 184 g/mol. The minimum absolute atomic E-state index is 0.370. The van der Waals surface area contributed by atoms with Gasteiger partial charge >= 0.3 is 0 Å². The lowest BCUT2D eigenvalue weighted by atomic mass is 9.55.